The van der Waals surface area contributed by atoms with Gasteiger partial charge in [0.25, 0.3) is 5.91 Å². The van der Waals surface area contributed by atoms with Gasteiger partial charge >= 0.3 is 0 Å². The van der Waals surface area contributed by atoms with Crippen molar-refractivity contribution in [2.24, 2.45) is 5.10 Å². The number of carbonyl (C=O) groups is 1. The van der Waals surface area contributed by atoms with Gasteiger partial charge in [-0.3, -0.25) is 9.20 Å². The number of fused-ring (bicyclic) bond motifs is 1. The van der Waals surface area contributed by atoms with Crippen LogP contribution in [0.25, 0.3) is 5.65 Å². The molecule has 1 aliphatic rings. The van der Waals surface area contributed by atoms with E-state index in [2.05, 4.69) is 10.2 Å². The first-order chi connectivity index (χ1) is 15.7. The summed E-state index contributed by atoms with van der Waals surface area (Å²) in [5.41, 5.74) is 3.70. The number of thioether (sulfide) groups is 1. The summed E-state index contributed by atoms with van der Waals surface area (Å²) in [6.07, 6.45) is 2.55. The molecule has 0 fully saturated rings. The fraction of sp³-hybridized carbons (Fsp3) is 0.167. The summed E-state index contributed by atoms with van der Waals surface area (Å²) in [5.74, 6) is 0.922. The van der Waals surface area contributed by atoms with E-state index in [1.165, 1.54) is 11.8 Å². The summed E-state index contributed by atoms with van der Waals surface area (Å²) in [6.45, 7) is 0. The zero-order chi connectivity index (χ0) is 21.9. The van der Waals surface area contributed by atoms with Crippen LogP contribution in [0.15, 0.2) is 89.3 Å². The molecule has 0 radical (unpaired) electrons. The number of pyridine rings is 1. The van der Waals surface area contributed by atoms with Gasteiger partial charge in [-0.25, -0.2) is 5.01 Å². The van der Waals surface area contributed by atoms with Crippen LogP contribution in [0.2, 0.25) is 0 Å². The van der Waals surface area contributed by atoms with Gasteiger partial charge in [-0.05, 0) is 35.4 Å². The number of methoxy groups -OCH3 is 1. The molecule has 0 bridgehead atoms. The van der Waals surface area contributed by atoms with Gasteiger partial charge in [-0.2, -0.15) is 5.10 Å². The molecule has 0 spiro atoms. The van der Waals surface area contributed by atoms with Gasteiger partial charge < -0.3 is 4.74 Å². The summed E-state index contributed by atoms with van der Waals surface area (Å²) in [7, 11) is 1.64. The Bertz CT molecular complexity index is 1270. The van der Waals surface area contributed by atoms with Crippen molar-refractivity contribution in [2.75, 3.05) is 12.9 Å². The number of hydrogen-bond donors (Lipinski definition) is 0. The number of benzene rings is 2. The summed E-state index contributed by atoms with van der Waals surface area (Å²) in [6, 6.07) is 23.3. The molecule has 2 aromatic heterocycles. The Kier molecular flexibility index (Phi) is 5.60. The van der Waals surface area contributed by atoms with Crippen LogP contribution >= 0.6 is 11.8 Å². The van der Waals surface area contributed by atoms with Gasteiger partial charge in [-0.1, -0.05) is 60.3 Å². The minimum Gasteiger partial charge on any atom is -0.497 e. The smallest absolute Gasteiger partial charge is 0.253 e. The van der Waals surface area contributed by atoms with Gasteiger partial charge in [0.1, 0.15) is 5.75 Å². The van der Waals surface area contributed by atoms with Crippen molar-refractivity contribution in [3.63, 3.8) is 0 Å². The molecule has 3 heterocycles. The zero-order valence-electron chi connectivity index (χ0n) is 17.5. The Labute approximate surface area is 189 Å². The lowest BCUT2D eigenvalue weighted by Gasteiger charge is -2.22. The highest BCUT2D eigenvalue weighted by Gasteiger charge is 2.33. The molecule has 2 aromatic carbocycles. The van der Waals surface area contributed by atoms with Crippen molar-refractivity contribution in [2.45, 2.75) is 17.6 Å². The van der Waals surface area contributed by atoms with Crippen LogP contribution < -0.4 is 4.74 Å². The van der Waals surface area contributed by atoms with Gasteiger partial charge in [0, 0.05) is 12.6 Å². The van der Waals surface area contributed by atoms with Crippen molar-refractivity contribution >= 4 is 29.0 Å². The van der Waals surface area contributed by atoms with Crippen LogP contribution in [0.1, 0.15) is 23.6 Å². The van der Waals surface area contributed by atoms with E-state index in [1.807, 2.05) is 83.4 Å². The third-order valence-corrected chi connectivity index (χ3v) is 6.31. The monoisotopic (exact) mass is 443 g/mol. The van der Waals surface area contributed by atoms with E-state index in [1.54, 1.807) is 12.1 Å². The highest BCUT2D eigenvalue weighted by molar-refractivity contribution is 7.99. The van der Waals surface area contributed by atoms with Crippen LogP contribution in [-0.2, 0) is 4.79 Å². The molecule has 0 aliphatic carbocycles. The molecule has 1 amide bonds. The summed E-state index contributed by atoms with van der Waals surface area (Å²) in [4.78, 5) is 13.3. The van der Waals surface area contributed by atoms with E-state index >= 15 is 0 Å². The van der Waals surface area contributed by atoms with Crippen molar-refractivity contribution in [3.8, 4) is 5.75 Å². The number of hydrogen-bond acceptors (Lipinski definition) is 6. The first-order valence-corrected chi connectivity index (χ1v) is 11.2. The molecule has 0 N–H and O–H groups in total. The maximum absolute atomic E-state index is 13.3. The van der Waals surface area contributed by atoms with Gasteiger partial charge in [0.15, 0.2) is 10.8 Å². The molecule has 32 heavy (non-hydrogen) atoms. The molecule has 1 aliphatic heterocycles. The Morgan fingerprint density at radius 3 is 2.59 bits per heavy atom. The second kappa shape index (κ2) is 8.84. The van der Waals surface area contributed by atoms with Crippen molar-refractivity contribution in [1.29, 1.82) is 0 Å². The molecule has 0 saturated carbocycles. The Morgan fingerprint density at radius 1 is 1.03 bits per heavy atom. The van der Waals surface area contributed by atoms with E-state index in [-0.39, 0.29) is 17.7 Å². The average molecular weight is 444 g/mol. The number of nitrogens with zero attached hydrogens (tertiary/aromatic N) is 5. The maximum Gasteiger partial charge on any atom is 0.253 e. The topological polar surface area (TPSA) is 72.1 Å². The molecule has 160 valence electrons. The van der Waals surface area contributed by atoms with Gasteiger partial charge in [0.05, 0.1) is 24.6 Å². The average Bonchev–Trinajstić information content (AvgIpc) is 3.48. The predicted molar refractivity (Wildman–Crippen MR) is 124 cm³/mol. The summed E-state index contributed by atoms with van der Waals surface area (Å²) in [5, 5.41) is 15.4. The van der Waals surface area contributed by atoms with Crippen LogP contribution in [0.4, 0.5) is 0 Å². The van der Waals surface area contributed by atoms with Crippen molar-refractivity contribution in [1.82, 2.24) is 19.6 Å². The van der Waals surface area contributed by atoms with Crippen molar-refractivity contribution in [3.05, 3.63) is 90.1 Å². The van der Waals surface area contributed by atoms with Crippen LogP contribution in [0, 0.1) is 0 Å². The Morgan fingerprint density at radius 2 is 1.81 bits per heavy atom. The minimum atomic E-state index is -0.167. The fourth-order valence-electron chi connectivity index (χ4n) is 3.74. The molecule has 5 rings (SSSR count). The second-order valence-corrected chi connectivity index (χ2v) is 8.29. The molecular formula is C24H21N5O2S. The normalized spacial score (nSPS) is 15.7. The van der Waals surface area contributed by atoms with E-state index in [0.29, 0.717) is 11.6 Å². The fourth-order valence-corrected chi connectivity index (χ4v) is 4.52. The van der Waals surface area contributed by atoms with Crippen LogP contribution in [0.3, 0.4) is 0 Å². The van der Waals surface area contributed by atoms with E-state index in [9.17, 15) is 4.79 Å². The number of amides is 1. The van der Waals surface area contributed by atoms with E-state index in [0.717, 1.165) is 28.2 Å². The lowest BCUT2D eigenvalue weighted by Crippen LogP contribution is -2.28. The van der Waals surface area contributed by atoms with E-state index in [4.69, 9.17) is 9.84 Å². The Hall–Kier alpha value is -3.65. The number of hydrazone groups is 1. The van der Waals surface area contributed by atoms with Gasteiger partial charge in [-0.15, -0.1) is 10.2 Å². The maximum atomic E-state index is 13.3. The number of carbonyl (C=O) groups excluding carboxylic acids is 1. The third kappa shape index (κ3) is 3.97. The number of aromatic nitrogens is 3. The summed E-state index contributed by atoms with van der Waals surface area (Å²) < 4.78 is 7.16. The molecule has 7 nitrogen and oxygen atoms in total. The molecule has 0 unspecified atom stereocenters. The molecule has 0 saturated heterocycles. The SMILES string of the molecule is COc1ccc([C@H]2CC(c3ccccc3)=NN2C(=O)CSc2nnc3ccccn23)cc1. The second-order valence-electron chi connectivity index (χ2n) is 7.34. The standard InChI is InChI=1S/C24H21N5O2S/c1-31-19-12-10-18(11-13-19)21-15-20(17-7-3-2-4-8-17)27-29(21)23(30)16-32-24-26-25-22-9-5-6-14-28(22)24/h2-14,21H,15-16H2,1H3/t21-/m1/s1. The van der Waals surface area contributed by atoms with Gasteiger partial charge in [0.2, 0.25) is 0 Å². The van der Waals surface area contributed by atoms with Crippen LogP contribution in [-0.4, -0.2) is 44.1 Å². The highest BCUT2D eigenvalue weighted by Crippen LogP contribution is 2.34. The Balaban J connectivity index is 1.40. The lowest BCUT2D eigenvalue weighted by atomic mass is 9.98. The summed E-state index contributed by atoms with van der Waals surface area (Å²) >= 11 is 1.36. The molecule has 1 atom stereocenters. The third-order valence-electron chi connectivity index (χ3n) is 5.38. The lowest BCUT2D eigenvalue weighted by molar-refractivity contribution is -0.130. The largest absolute Gasteiger partial charge is 0.497 e. The van der Waals surface area contributed by atoms with Crippen molar-refractivity contribution < 1.29 is 9.53 Å². The number of rotatable bonds is 6. The quantitative estimate of drug-likeness (QED) is 0.418. The molecular weight excluding hydrogens is 422 g/mol. The predicted octanol–water partition coefficient (Wildman–Crippen LogP) is 4.21. The molecule has 4 aromatic rings. The van der Waals surface area contributed by atoms with E-state index < -0.39 is 0 Å². The number of ether oxygens (including phenoxy) is 1. The molecule has 8 heteroatoms. The van der Waals surface area contributed by atoms with Crippen LogP contribution in [0.5, 0.6) is 5.75 Å². The zero-order valence-corrected chi connectivity index (χ0v) is 18.3. The first-order valence-electron chi connectivity index (χ1n) is 10.2. The minimum absolute atomic E-state index is 0.0746. The highest BCUT2D eigenvalue weighted by atomic mass is 32.2. The first kappa shape index (κ1) is 20.3.